The lowest BCUT2D eigenvalue weighted by atomic mass is 9.99. The maximum Gasteiger partial charge on any atom is 0.333 e. The van der Waals surface area contributed by atoms with Crippen LogP contribution in [0, 0.1) is 0 Å². The summed E-state index contributed by atoms with van der Waals surface area (Å²) < 4.78 is 0. The van der Waals surface area contributed by atoms with E-state index in [4.69, 9.17) is 5.11 Å². The van der Waals surface area contributed by atoms with Crippen molar-refractivity contribution in [2.75, 3.05) is 0 Å². The highest BCUT2D eigenvalue weighted by atomic mass is 16.4. The van der Waals surface area contributed by atoms with E-state index in [0.29, 0.717) is 0 Å². The number of dihydropyridines is 1. The third kappa shape index (κ3) is 1.42. The van der Waals surface area contributed by atoms with E-state index in [-0.39, 0.29) is 0 Å². The highest BCUT2D eigenvalue weighted by Gasteiger charge is 2.30. The second-order valence-corrected chi connectivity index (χ2v) is 2.84. The molecule has 60 valence electrons. The molecular formula is C8H11NO2. The number of carboxylic acid groups (broad SMARTS) is 1. The maximum atomic E-state index is 10.7. The van der Waals surface area contributed by atoms with E-state index in [1.165, 1.54) is 0 Å². The molecule has 1 aliphatic heterocycles. The summed E-state index contributed by atoms with van der Waals surface area (Å²) in [5.74, 6) is -0.860. The standard InChI is InChI=1S/C8H11NO2/c1-6-4-3-5-8(2,9-6)7(10)11/h3-5,9H,1-2H3,(H,10,11). The van der Waals surface area contributed by atoms with Crippen LogP contribution in [-0.4, -0.2) is 16.6 Å². The molecule has 2 N–H and O–H groups in total. The summed E-state index contributed by atoms with van der Waals surface area (Å²) in [5.41, 5.74) is -0.0591. The quantitative estimate of drug-likeness (QED) is 0.588. The van der Waals surface area contributed by atoms with Gasteiger partial charge < -0.3 is 10.4 Å². The molecule has 3 nitrogen and oxygen atoms in total. The van der Waals surface area contributed by atoms with Crippen molar-refractivity contribution < 1.29 is 9.90 Å². The molecule has 3 heteroatoms. The van der Waals surface area contributed by atoms with Gasteiger partial charge in [0, 0.05) is 5.70 Å². The second-order valence-electron chi connectivity index (χ2n) is 2.84. The zero-order valence-electron chi connectivity index (χ0n) is 6.59. The lowest BCUT2D eigenvalue weighted by Crippen LogP contribution is -2.47. The smallest absolute Gasteiger partial charge is 0.333 e. The molecule has 0 bridgehead atoms. The van der Waals surface area contributed by atoms with Crippen LogP contribution in [-0.2, 0) is 4.79 Å². The van der Waals surface area contributed by atoms with E-state index in [9.17, 15) is 4.79 Å². The molecule has 1 rings (SSSR count). The van der Waals surface area contributed by atoms with Gasteiger partial charge in [0.25, 0.3) is 0 Å². The van der Waals surface area contributed by atoms with E-state index < -0.39 is 11.5 Å². The SMILES string of the molecule is CC1=CC=CC(C)(C(=O)O)N1. The van der Waals surface area contributed by atoms with Crippen LogP contribution in [0.4, 0.5) is 0 Å². The summed E-state index contributed by atoms with van der Waals surface area (Å²) in [6.45, 7) is 3.47. The van der Waals surface area contributed by atoms with Crippen molar-refractivity contribution in [3.8, 4) is 0 Å². The van der Waals surface area contributed by atoms with E-state index in [1.807, 2.05) is 13.0 Å². The molecule has 1 heterocycles. The van der Waals surface area contributed by atoms with Gasteiger partial charge in [0.2, 0.25) is 0 Å². The van der Waals surface area contributed by atoms with Gasteiger partial charge in [-0.1, -0.05) is 6.08 Å². The summed E-state index contributed by atoms with van der Waals surface area (Å²) in [6, 6.07) is 0. The predicted octanol–water partition coefficient (Wildman–Crippen LogP) is 0.893. The van der Waals surface area contributed by atoms with Crippen molar-refractivity contribution in [2.24, 2.45) is 0 Å². The van der Waals surface area contributed by atoms with Crippen molar-refractivity contribution in [1.82, 2.24) is 5.32 Å². The number of carbonyl (C=O) groups is 1. The first-order valence-electron chi connectivity index (χ1n) is 3.42. The fraction of sp³-hybridized carbons (Fsp3) is 0.375. The lowest BCUT2D eigenvalue weighted by Gasteiger charge is -2.26. The van der Waals surface area contributed by atoms with Gasteiger partial charge in [-0.2, -0.15) is 0 Å². The van der Waals surface area contributed by atoms with E-state index in [0.717, 1.165) is 5.70 Å². The highest BCUT2D eigenvalue weighted by Crippen LogP contribution is 2.13. The van der Waals surface area contributed by atoms with Crippen LogP contribution in [0.1, 0.15) is 13.8 Å². The van der Waals surface area contributed by atoms with E-state index >= 15 is 0 Å². The molecule has 0 spiro atoms. The van der Waals surface area contributed by atoms with Crippen molar-refractivity contribution in [1.29, 1.82) is 0 Å². The Morgan fingerprint density at radius 2 is 2.36 bits per heavy atom. The largest absolute Gasteiger partial charge is 0.479 e. The van der Waals surface area contributed by atoms with Crippen molar-refractivity contribution in [3.05, 3.63) is 23.9 Å². The summed E-state index contributed by atoms with van der Waals surface area (Å²) in [4.78, 5) is 10.7. The molecule has 0 amide bonds. The van der Waals surface area contributed by atoms with Gasteiger partial charge in [0.1, 0.15) is 0 Å². The summed E-state index contributed by atoms with van der Waals surface area (Å²) in [7, 11) is 0. The topological polar surface area (TPSA) is 49.3 Å². The first-order chi connectivity index (χ1) is 5.04. The minimum atomic E-state index is -0.932. The first-order valence-corrected chi connectivity index (χ1v) is 3.42. The molecule has 1 aliphatic rings. The monoisotopic (exact) mass is 153 g/mol. The Morgan fingerprint density at radius 1 is 1.73 bits per heavy atom. The van der Waals surface area contributed by atoms with Crippen molar-refractivity contribution >= 4 is 5.97 Å². The molecule has 0 fully saturated rings. The molecule has 0 aromatic heterocycles. The van der Waals surface area contributed by atoms with Gasteiger partial charge in [-0.15, -0.1) is 0 Å². The van der Waals surface area contributed by atoms with Crippen LogP contribution in [0.25, 0.3) is 0 Å². The molecule has 1 unspecified atom stereocenters. The average molecular weight is 153 g/mol. The summed E-state index contributed by atoms with van der Waals surface area (Å²) >= 11 is 0. The van der Waals surface area contributed by atoms with E-state index in [2.05, 4.69) is 5.32 Å². The van der Waals surface area contributed by atoms with Crippen molar-refractivity contribution in [2.45, 2.75) is 19.4 Å². The Bertz CT molecular complexity index is 242. The van der Waals surface area contributed by atoms with Gasteiger partial charge in [-0.25, -0.2) is 4.79 Å². The Morgan fingerprint density at radius 3 is 2.73 bits per heavy atom. The molecule has 0 aromatic rings. The predicted molar refractivity (Wildman–Crippen MR) is 42.1 cm³/mol. The normalized spacial score (nSPS) is 29.1. The Balaban J connectivity index is 2.86. The number of carboxylic acids is 1. The van der Waals surface area contributed by atoms with Gasteiger partial charge >= 0.3 is 5.97 Å². The molecular weight excluding hydrogens is 142 g/mol. The maximum absolute atomic E-state index is 10.7. The molecule has 11 heavy (non-hydrogen) atoms. The van der Waals surface area contributed by atoms with Crippen LogP contribution in [0.2, 0.25) is 0 Å². The van der Waals surface area contributed by atoms with E-state index in [1.54, 1.807) is 19.1 Å². The Labute approximate surface area is 65.4 Å². The number of hydrogen-bond acceptors (Lipinski definition) is 2. The third-order valence-electron chi connectivity index (χ3n) is 1.68. The number of rotatable bonds is 1. The van der Waals surface area contributed by atoms with Crippen LogP contribution in [0.15, 0.2) is 23.9 Å². The summed E-state index contributed by atoms with van der Waals surface area (Å²) in [6.07, 6.45) is 5.22. The first kappa shape index (κ1) is 7.85. The molecule has 0 aromatic carbocycles. The van der Waals surface area contributed by atoms with Crippen LogP contribution < -0.4 is 5.32 Å². The van der Waals surface area contributed by atoms with Gasteiger partial charge in [0.05, 0.1) is 0 Å². The zero-order valence-corrected chi connectivity index (χ0v) is 6.59. The molecule has 0 radical (unpaired) electrons. The zero-order chi connectivity index (χ0) is 8.48. The average Bonchev–Trinajstić information content (AvgIpc) is 1.86. The summed E-state index contributed by atoms with van der Waals surface area (Å²) in [5, 5.41) is 11.6. The van der Waals surface area contributed by atoms with Crippen LogP contribution >= 0.6 is 0 Å². The number of hydrogen-bond donors (Lipinski definition) is 2. The van der Waals surface area contributed by atoms with Gasteiger partial charge in [-0.3, -0.25) is 0 Å². The third-order valence-corrected chi connectivity index (χ3v) is 1.68. The van der Waals surface area contributed by atoms with Gasteiger partial charge in [-0.05, 0) is 26.0 Å². The number of aliphatic carboxylic acids is 1. The van der Waals surface area contributed by atoms with Crippen LogP contribution in [0.3, 0.4) is 0 Å². The van der Waals surface area contributed by atoms with Gasteiger partial charge in [0.15, 0.2) is 5.54 Å². The molecule has 0 aliphatic carbocycles. The Hall–Kier alpha value is -1.25. The molecule has 1 atom stereocenters. The number of nitrogens with one attached hydrogen (secondary N) is 1. The fourth-order valence-electron chi connectivity index (χ4n) is 1.00. The van der Waals surface area contributed by atoms with Crippen molar-refractivity contribution in [3.63, 3.8) is 0 Å². The minimum absolute atomic E-state index is 0.860. The Kier molecular flexibility index (Phi) is 1.72. The molecule has 0 saturated carbocycles. The molecule has 0 saturated heterocycles. The van der Waals surface area contributed by atoms with Crippen LogP contribution in [0.5, 0.6) is 0 Å². The fourth-order valence-corrected chi connectivity index (χ4v) is 1.00. The minimum Gasteiger partial charge on any atom is -0.479 e. The lowest BCUT2D eigenvalue weighted by molar-refractivity contribution is -0.141. The highest BCUT2D eigenvalue weighted by molar-refractivity contribution is 5.81. The number of allylic oxidation sites excluding steroid dienone is 3. The second kappa shape index (κ2) is 2.42.